The fourth-order valence-electron chi connectivity index (χ4n) is 2.02. The van der Waals surface area contributed by atoms with Crippen molar-refractivity contribution in [3.63, 3.8) is 0 Å². The van der Waals surface area contributed by atoms with Gasteiger partial charge in [-0.25, -0.2) is 29.0 Å². The van der Waals surface area contributed by atoms with Gasteiger partial charge in [0.2, 0.25) is 0 Å². The predicted octanol–water partition coefficient (Wildman–Crippen LogP) is 3.82. The Kier molecular flexibility index (Phi) is 3.52. The summed E-state index contributed by atoms with van der Waals surface area (Å²) in [6.07, 6.45) is 0. The molecule has 2 heteroatoms. The van der Waals surface area contributed by atoms with Crippen molar-refractivity contribution in [2.75, 3.05) is 0 Å². The molecule has 1 radical (unpaired) electrons. The minimum atomic E-state index is 0. The van der Waals surface area contributed by atoms with E-state index in [0.29, 0.717) is 0 Å². The average molecular weight is 534 g/mol. The number of aryl methyl sites for hydroxylation is 1. The molecule has 73 valence electrons. The van der Waals surface area contributed by atoms with Gasteiger partial charge in [-0.15, -0.1) is 16.8 Å². The molecule has 0 atom stereocenters. The van der Waals surface area contributed by atoms with Crippen LogP contribution >= 0.6 is 0 Å². The van der Waals surface area contributed by atoms with E-state index in [-0.39, 0.29) is 32.7 Å². The third-order valence-electron chi connectivity index (χ3n) is 2.70. The van der Waals surface area contributed by atoms with Crippen molar-refractivity contribution in [2.24, 2.45) is 0 Å². The van der Waals surface area contributed by atoms with Crippen LogP contribution in [0.4, 0.5) is 0 Å². The monoisotopic (exact) mass is 534 g/mol. The van der Waals surface area contributed by atoms with Crippen molar-refractivity contribution in [2.45, 2.75) is 6.92 Å². The third-order valence-corrected chi connectivity index (χ3v) is 2.70. The van der Waals surface area contributed by atoms with Gasteiger partial charge in [0.15, 0.2) is 0 Å². The fourth-order valence-corrected chi connectivity index (χ4v) is 2.02. The number of benzene rings is 2. The maximum absolute atomic E-state index is 3.11. The molecule has 0 fully saturated rings. The van der Waals surface area contributed by atoms with Crippen LogP contribution in [-0.2, 0) is 32.7 Å². The molecular weight excluding hydrogens is 524 g/mol. The van der Waals surface area contributed by atoms with E-state index in [4.69, 9.17) is 0 Å². The molecule has 0 aliphatic heterocycles. The van der Waals surface area contributed by atoms with Crippen LogP contribution in [0.25, 0.3) is 21.5 Å². The van der Waals surface area contributed by atoms with Crippen LogP contribution < -0.4 is 0 Å². The molecule has 0 amide bonds. The number of hydrogen-bond donors (Lipinski definition) is 0. The summed E-state index contributed by atoms with van der Waals surface area (Å²) in [6, 6.07) is 18.1. The van der Waals surface area contributed by atoms with Gasteiger partial charge in [-0.05, 0) is 6.92 Å². The number of rotatable bonds is 0. The molecule has 16 heavy (non-hydrogen) atoms. The second-order valence-corrected chi connectivity index (χ2v) is 3.75. The first kappa shape index (κ1) is 12.5. The van der Waals surface area contributed by atoms with E-state index in [9.17, 15) is 0 Å². The van der Waals surface area contributed by atoms with Gasteiger partial charge in [-0.1, -0.05) is 17.7 Å². The summed E-state index contributed by atoms with van der Waals surface area (Å²) in [5.74, 6) is 0. The third kappa shape index (κ3) is 1.75. The van der Waals surface area contributed by atoms with Gasteiger partial charge in [0.05, 0.1) is 0 Å². The largest absolute Gasteiger partial charge is 0.235 e. The van der Waals surface area contributed by atoms with Gasteiger partial charge in [-0.3, -0.25) is 0 Å². The first-order valence-corrected chi connectivity index (χ1v) is 4.80. The van der Waals surface area contributed by atoms with Crippen molar-refractivity contribution in [1.29, 1.82) is 0 Å². The zero-order valence-corrected chi connectivity index (χ0v) is 18.6. The Balaban J connectivity index is 0.000000640. The van der Waals surface area contributed by atoms with Crippen molar-refractivity contribution in [1.82, 2.24) is 0 Å². The topological polar surface area (TPSA) is 0 Å². The Morgan fingerprint density at radius 2 is 1.81 bits per heavy atom. The molecule has 0 aliphatic rings. The Morgan fingerprint density at radius 1 is 1.06 bits per heavy atom. The Bertz CT molecular complexity index is 610. The summed E-state index contributed by atoms with van der Waals surface area (Å²) in [4.78, 5) is 0. The van der Waals surface area contributed by atoms with Crippen LogP contribution in [0.15, 0.2) is 42.5 Å². The SMILES string of the molecule is Cc1ccc2c(c1)[cH-]c1c[c-]ccc12.[Rf].[Y]. The smallest absolute Gasteiger partial charge is 0 e. The van der Waals surface area contributed by atoms with Crippen LogP contribution in [0.3, 0.4) is 0 Å². The summed E-state index contributed by atoms with van der Waals surface area (Å²) >= 11 is 0. The minimum absolute atomic E-state index is 0. The van der Waals surface area contributed by atoms with Gasteiger partial charge in [0.1, 0.15) is 0 Å². The average Bonchev–Trinajstić information content (AvgIpc) is 2.54. The van der Waals surface area contributed by atoms with E-state index in [2.05, 4.69) is 43.3 Å². The first-order chi connectivity index (χ1) is 6.84. The molecule has 0 saturated carbocycles. The van der Waals surface area contributed by atoms with Crippen LogP contribution in [0.2, 0.25) is 0 Å². The van der Waals surface area contributed by atoms with E-state index in [1.807, 2.05) is 12.1 Å². The number of hydrogen-bond acceptors (Lipinski definition) is 0. The van der Waals surface area contributed by atoms with Crippen molar-refractivity contribution < 1.29 is 32.7 Å². The molecule has 0 saturated heterocycles. The van der Waals surface area contributed by atoms with E-state index < -0.39 is 0 Å². The normalized spacial score (nSPS) is 9.81. The van der Waals surface area contributed by atoms with Crippen molar-refractivity contribution >= 4 is 21.5 Å². The van der Waals surface area contributed by atoms with E-state index in [1.165, 1.54) is 27.1 Å². The van der Waals surface area contributed by atoms with E-state index >= 15 is 0 Å². The molecule has 0 spiro atoms. The zero-order chi connectivity index (χ0) is 9.54. The van der Waals surface area contributed by atoms with E-state index in [0.717, 1.165) is 0 Å². The Hall–Kier alpha value is -1.59. The van der Waals surface area contributed by atoms with Crippen LogP contribution in [0, 0.1) is 13.0 Å². The van der Waals surface area contributed by atoms with E-state index in [1.54, 1.807) is 0 Å². The summed E-state index contributed by atoms with van der Waals surface area (Å²) in [6.45, 7) is 2.13. The molecule has 0 N–H and O–H groups in total. The van der Waals surface area contributed by atoms with Crippen LogP contribution in [0.1, 0.15) is 5.56 Å². The predicted molar refractivity (Wildman–Crippen MR) is 60.6 cm³/mol. The molecular formula is C14H10RfY-2. The Morgan fingerprint density at radius 3 is 2.62 bits per heavy atom. The van der Waals surface area contributed by atoms with Gasteiger partial charge < -0.3 is 0 Å². The molecule has 3 aromatic carbocycles. The fraction of sp³-hybridized carbons (Fsp3) is 0.0714. The van der Waals surface area contributed by atoms with Gasteiger partial charge >= 0.3 is 0 Å². The summed E-state index contributed by atoms with van der Waals surface area (Å²) in [7, 11) is 0. The maximum Gasteiger partial charge on any atom is 0 e. The second kappa shape index (κ2) is 4.51. The maximum atomic E-state index is 3.11. The Labute approximate surface area is 115 Å². The second-order valence-electron chi connectivity index (χ2n) is 3.75. The summed E-state index contributed by atoms with van der Waals surface area (Å²) in [5.41, 5.74) is 1.32. The van der Waals surface area contributed by atoms with Crippen molar-refractivity contribution in [3.8, 4) is 0 Å². The van der Waals surface area contributed by atoms with Crippen molar-refractivity contribution in [3.05, 3.63) is 54.1 Å². The van der Waals surface area contributed by atoms with Gasteiger partial charge in [-0.2, -0.15) is 12.1 Å². The molecule has 3 rings (SSSR count). The van der Waals surface area contributed by atoms with Gasteiger partial charge in [0.25, 0.3) is 0 Å². The molecule has 0 unspecified atom stereocenters. The summed E-state index contributed by atoms with van der Waals surface area (Å²) in [5, 5.41) is 5.30. The standard InChI is InChI=1S/C14H10.Rf.Y/c1-10-6-7-14-12(8-10)9-11-4-2-3-5-13(11)14;;/h3-9H,1H3;;/q-2;;. The molecule has 3 aromatic rings. The number of fused-ring (bicyclic) bond motifs is 3. The first-order valence-electron chi connectivity index (χ1n) is 4.80. The molecule has 0 bridgehead atoms. The quantitative estimate of drug-likeness (QED) is 0.385. The molecule has 0 aromatic heterocycles. The van der Waals surface area contributed by atoms with Crippen LogP contribution in [0.5, 0.6) is 0 Å². The van der Waals surface area contributed by atoms with Gasteiger partial charge in [0, 0.05) is 32.7 Å². The molecule has 0 aliphatic carbocycles. The zero-order valence-electron chi connectivity index (χ0n) is 9.33. The van der Waals surface area contributed by atoms with Crippen LogP contribution in [-0.4, -0.2) is 0 Å². The minimum Gasteiger partial charge on any atom is -0.235 e. The molecule has 0 nitrogen and oxygen atoms in total. The molecule has 0 heterocycles. The summed E-state index contributed by atoms with van der Waals surface area (Å²) < 4.78 is 0.